The summed E-state index contributed by atoms with van der Waals surface area (Å²) in [7, 11) is 0. The van der Waals surface area contributed by atoms with Crippen LogP contribution in [0.15, 0.2) is 36.4 Å². The van der Waals surface area contributed by atoms with Crippen molar-refractivity contribution in [3.8, 4) is 5.82 Å². The molecule has 0 aliphatic rings. The number of carbonyl (C=O) groups excluding carboxylic acids is 1. The zero-order chi connectivity index (χ0) is 20.8. The van der Waals surface area contributed by atoms with E-state index in [1.807, 2.05) is 57.2 Å². The number of benzene rings is 1. The van der Waals surface area contributed by atoms with Gasteiger partial charge in [0.15, 0.2) is 5.82 Å². The first-order valence-corrected chi connectivity index (χ1v) is 9.71. The van der Waals surface area contributed by atoms with Crippen molar-refractivity contribution in [1.29, 1.82) is 0 Å². The number of hydrogen-bond donors (Lipinski definition) is 3. The molecule has 3 N–H and O–H groups in total. The van der Waals surface area contributed by atoms with Crippen LogP contribution in [0.2, 0.25) is 0 Å². The third-order valence-corrected chi connectivity index (χ3v) is 4.39. The predicted octanol–water partition coefficient (Wildman–Crippen LogP) is 3.38. The summed E-state index contributed by atoms with van der Waals surface area (Å²) >= 11 is 0. The maximum Gasteiger partial charge on any atom is 0.319 e. The topological polar surface area (TPSA) is 96.8 Å². The second-order valence-corrected chi connectivity index (χ2v) is 6.86. The van der Waals surface area contributed by atoms with Crippen molar-refractivity contribution in [1.82, 2.24) is 25.1 Å². The summed E-state index contributed by atoms with van der Waals surface area (Å²) in [5.41, 5.74) is 3.96. The molecule has 29 heavy (non-hydrogen) atoms. The Balaban J connectivity index is 1.51. The van der Waals surface area contributed by atoms with Crippen molar-refractivity contribution in [2.24, 2.45) is 0 Å². The van der Waals surface area contributed by atoms with E-state index in [-0.39, 0.29) is 6.03 Å². The summed E-state index contributed by atoms with van der Waals surface area (Å²) in [5.74, 6) is 2.06. The molecule has 0 fully saturated rings. The quantitative estimate of drug-likeness (QED) is 0.535. The Hall–Kier alpha value is -3.42. The van der Waals surface area contributed by atoms with Gasteiger partial charge in [-0.15, -0.1) is 0 Å². The average molecular weight is 393 g/mol. The maximum absolute atomic E-state index is 12.0. The van der Waals surface area contributed by atoms with Gasteiger partial charge < -0.3 is 16.0 Å². The van der Waals surface area contributed by atoms with Crippen LogP contribution >= 0.6 is 0 Å². The van der Waals surface area contributed by atoms with Crippen molar-refractivity contribution in [3.05, 3.63) is 59.2 Å². The molecule has 0 unspecified atom stereocenters. The first-order valence-electron chi connectivity index (χ1n) is 9.71. The van der Waals surface area contributed by atoms with Crippen LogP contribution < -0.4 is 16.0 Å². The molecule has 8 nitrogen and oxygen atoms in total. The highest BCUT2D eigenvalue weighted by Crippen LogP contribution is 2.14. The molecule has 2 amide bonds. The Morgan fingerprint density at radius 1 is 1.03 bits per heavy atom. The number of aromatic nitrogens is 4. The Bertz CT molecular complexity index is 979. The van der Waals surface area contributed by atoms with Gasteiger partial charge in [-0.2, -0.15) is 5.10 Å². The molecule has 8 heteroatoms. The van der Waals surface area contributed by atoms with Gasteiger partial charge in [-0.3, -0.25) is 0 Å². The van der Waals surface area contributed by atoms with Gasteiger partial charge in [0, 0.05) is 30.5 Å². The van der Waals surface area contributed by atoms with E-state index in [2.05, 4.69) is 37.9 Å². The van der Waals surface area contributed by atoms with Crippen LogP contribution in [-0.2, 0) is 6.42 Å². The Morgan fingerprint density at radius 2 is 1.79 bits per heavy atom. The van der Waals surface area contributed by atoms with Crippen LogP contribution in [0.1, 0.15) is 29.7 Å². The second-order valence-electron chi connectivity index (χ2n) is 6.86. The van der Waals surface area contributed by atoms with E-state index in [4.69, 9.17) is 0 Å². The fourth-order valence-corrected chi connectivity index (χ4v) is 2.98. The maximum atomic E-state index is 12.0. The summed E-state index contributed by atoms with van der Waals surface area (Å²) in [4.78, 5) is 20.9. The molecule has 0 saturated carbocycles. The van der Waals surface area contributed by atoms with Gasteiger partial charge in [-0.05, 0) is 51.0 Å². The van der Waals surface area contributed by atoms with E-state index in [1.54, 1.807) is 4.68 Å². The number of aryl methyl sites for hydroxylation is 4. The zero-order valence-electron chi connectivity index (χ0n) is 17.3. The van der Waals surface area contributed by atoms with Crippen molar-refractivity contribution < 1.29 is 4.79 Å². The van der Waals surface area contributed by atoms with E-state index in [0.717, 1.165) is 23.5 Å². The lowest BCUT2D eigenvalue weighted by Gasteiger charge is -2.11. The molecule has 0 spiro atoms. The third kappa shape index (κ3) is 5.54. The fraction of sp³-hybridized carbons (Fsp3) is 0.333. The van der Waals surface area contributed by atoms with Gasteiger partial charge in [0.2, 0.25) is 0 Å². The van der Waals surface area contributed by atoms with Crippen LogP contribution in [0.4, 0.5) is 16.3 Å². The number of rotatable bonds is 7. The van der Waals surface area contributed by atoms with E-state index in [0.29, 0.717) is 30.5 Å². The molecule has 0 bridgehead atoms. The van der Waals surface area contributed by atoms with E-state index < -0.39 is 0 Å². The molecule has 3 rings (SSSR count). The summed E-state index contributed by atoms with van der Waals surface area (Å²) in [5, 5.41) is 13.3. The summed E-state index contributed by atoms with van der Waals surface area (Å²) in [6.07, 6.45) is 0.974. The standard InChI is InChI=1S/C21H27N7O/c1-5-17-6-8-18(9-7-17)26-21(29)23-11-10-22-19-13-20(25-16(4)24-19)28-15(3)12-14(2)27-28/h6-9,12-13H,5,10-11H2,1-4H3,(H,22,24,25)(H2,23,26,29). The molecule has 1 aromatic carbocycles. The number of anilines is 2. The minimum atomic E-state index is -0.238. The monoisotopic (exact) mass is 393 g/mol. The normalized spacial score (nSPS) is 10.6. The molecule has 0 saturated heterocycles. The fourth-order valence-electron chi connectivity index (χ4n) is 2.98. The highest BCUT2D eigenvalue weighted by Gasteiger charge is 2.08. The van der Waals surface area contributed by atoms with Crippen molar-refractivity contribution in [2.45, 2.75) is 34.1 Å². The smallest absolute Gasteiger partial charge is 0.319 e. The van der Waals surface area contributed by atoms with Gasteiger partial charge in [0.05, 0.1) is 5.69 Å². The summed E-state index contributed by atoms with van der Waals surface area (Å²) in [6.45, 7) is 8.87. The molecule has 0 aliphatic heterocycles. The van der Waals surface area contributed by atoms with Gasteiger partial charge in [-0.1, -0.05) is 19.1 Å². The summed E-state index contributed by atoms with van der Waals surface area (Å²) in [6, 6.07) is 11.4. The lowest BCUT2D eigenvalue weighted by Crippen LogP contribution is -2.32. The van der Waals surface area contributed by atoms with Gasteiger partial charge in [0.1, 0.15) is 11.6 Å². The van der Waals surface area contributed by atoms with Crippen LogP contribution in [0.3, 0.4) is 0 Å². The predicted molar refractivity (Wildman–Crippen MR) is 115 cm³/mol. The lowest BCUT2D eigenvalue weighted by atomic mass is 10.1. The highest BCUT2D eigenvalue weighted by atomic mass is 16.2. The first kappa shape index (κ1) is 20.3. The largest absolute Gasteiger partial charge is 0.368 e. The molecule has 0 aliphatic carbocycles. The van der Waals surface area contributed by atoms with Gasteiger partial charge >= 0.3 is 6.03 Å². The Kier molecular flexibility index (Phi) is 6.43. The molecule has 0 atom stereocenters. The zero-order valence-corrected chi connectivity index (χ0v) is 17.3. The van der Waals surface area contributed by atoms with Crippen LogP contribution in [0.5, 0.6) is 0 Å². The van der Waals surface area contributed by atoms with Crippen LogP contribution in [-0.4, -0.2) is 38.9 Å². The molecular weight excluding hydrogens is 366 g/mol. The summed E-state index contributed by atoms with van der Waals surface area (Å²) < 4.78 is 1.80. The average Bonchev–Trinajstić information content (AvgIpc) is 3.03. The molecule has 2 heterocycles. The number of hydrogen-bond acceptors (Lipinski definition) is 5. The van der Waals surface area contributed by atoms with Crippen LogP contribution in [0.25, 0.3) is 5.82 Å². The van der Waals surface area contributed by atoms with Gasteiger partial charge in [-0.25, -0.2) is 19.4 Å². The number of carbonyl (C=O) groups is 1. The molecule has 152 valence electrons. The molecular formula is C21H27N7O. The van der Waals surface area contributed by atoms with Gasteiger partial charge in [0.25, 0.3) is 0 Å². The number of amides is 2. The Morgan fingerprint density at radius 3 is 2.45 bits per heavy atom. The molecule has 0 radical (unpaired) electrons. The molecule has 3 aromatic rings. The SMILES string of the molecule is CCc1ccc(NC(=O)NCCNc2cc(-n3nc(C)cc3C)nc(C)n2)cc1. The van der Waals surface area contributed by atoms with E-state index in [9.17, 15) is 4.79 Å². The highest BCUT2D eigenvalue weighted by molar-refractivity contribution is 5.89. The van der Waals surface area contributed by atoms with Crippen molar-refractivity contribution in [3.63, 3.8) is 0 Å². The lowest BCUT2D eigenvalue weighted by molar-refractivity contribution is 0.252. The molecule has 2 aromatic heterocycles. The van der Waals surface area contributed by atoms with Crippen molar-refractivity contribution >= 4 is 17.5 Å². The third-order valence-electron chi connectivity index (χ3n) is 4.39. The first-order chi connectivity index (χ1) is 13.9. The number of nitrogens with one attached hydrogen (secondary N) is 3. The number of urea groups is 1. The number of nitrogens with zero attached hydrogens (tertiary/aromatic N) is 4. The van der Waals surface area contributed by atoms with E-state index >= 15 is 0 Å². The minimum Gasteiger partial charge on any atom is -0.368 e. The second kappa shape index (κ2) is 9.18. The Labute approximate surface area is 170 Å². The van der Waals surface area contributed by atoms with Crippen molar-refractivity contribution in [2.75, 3.05) is 23.7 Å². The van der Waals surface area contributed by atoms with E-state index in [1.165, 1.54) is 5.56 Å². The minimum absolute atomic E-state index is 0.238. The van der Waals surface area contributed by atoms with Crippen LogP contribution in [0, 0.1) is 20.8 Å².